The first kappa shape index (κ1) is 14.9. The summed E-state index contributed by atoms with van der Waals surface area (Å²) in [6.45, 7) is 2.67. The predicted octanol–water partition coefficient (Wildman–Crippen LogP) is 4.71. The first-order chi connectivity index (χ1) is 9.63. The first-order valence-electron chi connectivity index (χ1n) is 6.56. The van der Waals surface area contributed by atoms with E-state index in [0.717, 1.165) is 6.42 Å². The minimum Gasteiger partial charge on any atom is -0.306 e. The molecule has 0 fully saturated rings. The predicted molar refractivity (Wildman–Crippen MR) is 77.9 cm³/mol. The summed E-state index contributed by atoms with van der Waals surface area (Å²) in [6, 6.07) is 10.3. The fraction of sp³-hybridized carbons (Fsp3) is 0.250. The van der Waals surface area contributed by atoms with Gasteiger partial charge in [0.1, 0.15) is 11.6 Å². The number of benzene rings is 2. The Labute approximate surface area is 122 Å². The van der Waals surface area contributed by atoms with E-state index in [1.165, 1.54) is 12.1 Å². The SMILES string of the molecule is CCCNC(c1ccccc1F)c1ccc(Cl)cc1F. The monoisotopic (exact) mass is 295 g/mol. The molecule has 1 unspecified atom stereocenters. The molecule has 0 amide bonds. The van der Waals surface area contributed by atoms with E-state index in [2.05, 4.69) is 5.32 Å². The molecule has 0 saturated heterocycles. The van der Waals surface area contributed by atoms with Crippen molar-refractivity contribution in [3.05, 3.63) is 70.2 Å². The van der Waals surface area contributed by atoms with Crippen molar-refractivity contribution < 1.29 is 8.78 Å². The van der Waals surface area contributed by atoms with Crippen LogP contribution in [0, 0.1) is 11.6 Å². The Morgan fingerprint density at radius 3 is 2.40 bits per heavy atom. The van der Waals surface area contributed by atoms with E-state index in [0.29, 0.717) is 22.7 Å². The van der Waals surface area contributed by atoms with Crippen LogP contribution in [0.2, 0.25) is 5.02 Å². The summed E-state index contributed by atoms with van der Waals surface area (Å²) in [5, 5.41) is 3.51. The second kappa shape index (κ2) is 6.82. The lowest BCUT2D eigenvalue weighted by Crippen LogP contribution is -2.25. The van der Waals surface area contributed by atoms with E-state index in [1.54, 1.807) is 30.3 Å². The minimum absolute atomic E-state index is 0.328. The first-order valence-corrected chi connectivity index (χ1v) is 6.94. The van der Waals surface area contributed by atoms with Gasteiger partial charge in [-0.25, -0.2) is 8.78 Å². The molecule has 0 aliphatic heterocycles. The van der Waals surface area contributed by atoms with Gasteiger partial charge in [0.2, 0.25) is 0 Å². The van der Waals surface area contributed by atoms with Gasteiger partial charge in [-0.1, -0.05) is 42.8 Å². The maximum absolute atomic E-state index is 14.1. The smallest absolute Gasteiger partial charge is 0.129 e. The molecule has 0 aliphatic carbocycles. The highest BCUT2D eigenvalue weighted by molar-refractivity contribution is 6.30. The third-order valence-corrected chi connectivity index (χ3v) is 3.32. The highest BCUT2D eigenvalue weighted by atomic mass is 35.5. The molecule has 0 aliphatic rings. The summed E-state index contributed by atoms with van der Waals surface area (Å²) in [5.41, 5.74) is 0.829. The lowest BCUT2D eigenvalue weighted by Gasteiger charge is -2.20. The zero-order valence-electron chi connectivity index (χ0n) is 11.2. The number of hydrogen-bond acceptors (Lipinski definition) is 1. The number of hydrogen-bond donors (Lipinski definition) is 1. The number of rotatable bonds is 5. The van der Waals surface area contributed by atoms with Crippen molar-refractivity contribution in [2.24, 2.45) is 0 Å². The van der Waals surface area contributed by atoms with Crippen LogP contribution in [-0.4, -0.2) is 6.54 Å². The summed E-state index contributed by atoms with van der Waals surface area (Å²) in [4.78, 5) is 0. The maximum Gasteiger partial charge on any atom is 0.129 e. The van der Waals surface area contributed by atoms with E-state index < -0.39 is 11.9 Å². The van der Waals surface area contributed by atoms with Gasteiger partial charge in [0.25, 0.3) is 0 Å². The van der Waals surface area contributed by atoms with Gasteiger partial charge in [-0.05, 0) is 31.2 Å². The van der Waals surface area contributed by atoms with Gasteiger partial charge in [-0.3, -0.25) is 0 Å². The van der Waals surface area contributed by atoms with Crippen molar-refractivity contribution in [1.29, 1.82) is 0 Å². The zero-order valence-corrected chi connectivity index (χ0v) is 11.9. The molecule has 2 rings (SSSR count). The van der Waals surface area contributed by atoms with E-state index >= 15 is 0 Å². The average molecular weight is 296 g/mol. The molecule has 0 heterocycles. The standard InChI is InChI=1S/C16H16ClF2N/c1-2-9-20-16(12-5-3-4-6-14(12)18)13-8-7-11(17)10-15(13)19/h3-8,10,16,20H,2,9H2,1H3. The molecule has 0 spiro atoms. The number of nitrogens with one attached hydrogen (secondary N) is 1. The van der Waals surface area contributed by atoms with Gasteiger partial charge in [-0.2, -0.15) is 0 Å². The molecule has 20 heavy (non-hydrogen) atoms. The van der Waals surface area contributed by atoms with E-state index in [1.807, 2.05) is 6.92 Å². The van der Waals surface area contributed by atoms with E-state index in [4.69, 9.17) is 11.6 Å². The lowest BCUT2D eigenvalue weighted by atomic mass is 9.97. The Morgan fingerprint density at radius 1 is 1.05 bits per heavy atom. The van der Waals surface area contributed by atoms with Gasteiger partial charge < -0.3 is 5.32 Å². The molecule has 2 aromatic rings. The Morgan fingerprint density at radius 2 is 1.75 bits per heavy atom. The molecule has 1 atom stereocenters. The molecule has 4 heteroatoms. The second-order valence-electron chi connectivity index (χ2n) is 4.57. The molecule has 0 radical (unpaired) electrons. The Balaban J connectivity index is 2.44. The fourth-order valence-electron chi connectivity index (χ4n) is 2.12. The van der Waals surface area contributed by atoms with E-state index in [-0.39, 0.29) is 5.82 Å². The molecular formula is C16H16ClF2N. The van der Waals surface area contributed by atoms with Crippen molar-refractivity contribution in [3.8, 4) is 0 Å². The van der Waals surface area contributed by atoms with E-state index in [9.17, 15) is 8.78 Å². The summed E-state index contributed by atoms with van der Waals surface area (Å²) in [6.07, 6.45) is 0.875. The number of halogens is 3. The molecule has 0 aromatic heterocycles. The summed E-state index contributed by atoms with van der Waals surface area (Å²) < 4.78 is 28.1. The summed E-state index contributed by atoms with van der Waals surface area (Å²) in [5.74, 6) is -0.787. The Hall–Kier alpha value is -1.45. The topological polar surface area (TPSA) is 12.0 Å². The van der Waals surface area contributed by atoms with Crippen molar-refractivity contribution >= 4 is 11.6 Å². The van der Waals surface area contributed by atoms with Crippen LogP contribution < -0.4 is 5.32 Å². The molecular weight excluding hydrogens is 280 g/mol. The third kappa shape index (κ3) is 3.35. The fourth-order valence-corrected chi connectivity index (χ4v) is 2.28. The normalized spacial score (nSPS) is 12.4. The van der Waals surface area contributed by atoms with Crippen LogP contribution in [0.5, 0.6) is 0 Å². The molecule has 0 saturated carbocycles. The minimum atomic E-state index is -0.520. The zero-order chi connectivity index (χ0) is 14.5. The van der Waals surface area contributed by atoms with Crippen LogP contribution in [0.1, 0.15) is 30.5 Å². The highest BCUT2D eigenvalue weighted by Gasteiger charge is 2.20. The average Bonchev–Trinajstić information content (AvgIpc) is 2.42. The summed E-state index contributed by atoms with van der Waals surface area (Å²) >= 11 is 5.77. The van der Waals surface area contributed by atoms with Crippen molar-refractivity contribution in [3.63, 3.8) is 0 Å². The lowest BCUT2D eigenvalue weighted by molar-refractivity contribution is 0.520. The summed E-state index contributed by atoms with van der Waals surface area (Å²) in [7, 11) is 0. The Kier molecular flexibility index (Phi) is 5.10. The Bertz CT molecular complexity index is 586. The van der Waals surface area contributed by atoms with Gasteiger partial charge in [0.15, 0.2) is 0 Å². The van der Waals surface area contributed by atoms with Crippen LogP contribution in [0.15, 0.2) is 42.5 Å². The van der Waals surface area contributed by atoms with Crippen LogP contribution in [0.4, 0.5) is 8.78 Å². The molecule has 1 nitrogen and oxygen atoms in total. The largest absolute Gasteiger partial charge is 0.306 e. The maximum atomic E-state index is 14.1. The third-order valence-electron chi connectivity index (χ3n) is 3.09. The van der Waals surface area contributed by atoms with Gasteiger partial charge in [-0.15, -0.1) is 0 Å². The van der Waals surface area contributed by atoms with Crippen molar-refractivity contribution in [2.45, 2.75) is 19.4 Å². The van der Waals surface area contributed by atoms with Crippen LogP contribution in [0.25, 0.3) is 0 Å². The van der Waals surface area contributed by atoms with Gasteiger partial charge >= 0.3 is 0 Å². The van der Waals surface area contributed by atoms with Gasteiger partial charge in [0.05, 0.1) is 6.04 Å². The molecule has 0 bridgehead atoms. The van der Waals surface area contributed by atoms with Crippen molar-refractivity contribution in [1.82, 2.24) is 5.32 Å². The second-order valence-corrected chi connectivity index (χ2v) is 5.01. The molecule has 2 aromatic carbocycles. The molecule has 1 N–H and O–H groups in total. The van der Waals surface area contributed by atoms with Crippen LogP contribution in [-0.2, 0) is 0 Å². The molecule has 106 valence electrons. The van der Waals surface area contributed by atoms with Crippen LogP contribution in [0.3, 0.4) is 0 Å². The van der Waals surface area contributed by atoms with Gasteiger partial charge in [0, 0.05) is 16.1 Å². The quantitative estimate of drug-likeness (QED) is 0.842. The highest BCUT2D eigenvalue weighted by Crippen LogP contribution is 2.28. The van der Waals surface area contributed by atoms with Crippen molar-refractivity contribution in [2.75, 3.05) is 6.54 Å². The van der Waals surface area contributed by atoms with Crippen LogP contribution >= 0.6 is 11.6 Å².